The number of nitrogen functional groups attached to an aromatic ring is 1. The van der Waals surface area contributed by atoms with Gasteiger partial charge in [-0.2, -0.15) is 4.31 Å². The molecule has 0 unspecified atom stereocenters. The number of sulfonamides is 1. The standard InChI is InChI=1S/C11H16ClN5O3S/c1-16-3-2-4-17(7-10(16)18)21(19,20)8-5-9(12)11(15-13)14-6-8/h5-6H,2-4,7,13H2,1H3,(H,14,15). The largest absolute Gasteiger partial charge is 0.345 e. The minimum Gasteiger partial charge on any atom is -0.345 e. The summed E-state index contributed by atoms with van der Waals surface area (Å²) in [4.78, 5) is 17.1. The van der Waals surface area contributed by atoms with Gasteiger partial charge in [0, 0.05) is 26.3 Å². The van der Waals surface area contributed by atoms with Gasteiger partial charge in [-0.3, -0.25) is 4.79 Å². The van der Waals surface area contributed by atoms with Gasteiger partial charge in [0.1, 0.15) is 4.90 Å². The van der Waals surface area contributed by atoms with Crippen molar-refractivity contribution in [2.45, 2.75) is 11.3 Å². The number of rotatable bonds is 3. The first-order valence-electron chi connectivity index (χ1n) is 6.22. The van der Waals surface area contributed by atoms with Crippen LogP contribution in [0, 0.1) is 0 Å². The average molecular weight is 334 g/mol. The van der Waals surface area contributed by atoms with Crippen molar-refractivity contribution in [3.63, 3.8) is 0 Å². The van der Waals surface area contributed by atoms with Crippen LogP contribution in [-0.4, -0.2) is 55.2 Å². The monoisotopic (exact) mass is 333 g/mol. The summed E-state index contributed by atoms with van der Waals surface area (Å²) in [5, 5.41) is 0.0943. The zero-order chi connectivity index (χ0) is 15.6. The van der Waals surface area contributed by atoms with E-state index in [1.54, 1.807) is 7.05 Å². The quantitative estimate of drug-likeness (QED) is 0.589. The first-order valence-corrected chi connectivity index (χ1v) is 8.04. The molecule has 0 radical (unpaired) electrons. The van der Waals surface area contributed by atoms with E-state index in [4.69, 9.17) is 17.4 Å². The number of carbonyl (C=O) groups is 1. The van der Waals surface area contributed by atoms with Gasteiger partial charge in [-0.05, 0) is 12.5 Å². The molecule has 1 aromatic heterocycles. The van der Waals surface area contributed by atoms with E-state index in [1.165, 1.54) is 11.0 Å². The second-order valence-electron chi connectivity index (χ2n) is 4.65. The summed E-state index contributed by atoms with van der Waals surface area (Å²) in [5.41, 5.74) is 2.26. The molecule has 1 saturated heterocycles. The molecule has 0 aliphatic carbocycles. The average Bonchev–Trinajstić information content (AvgIpc) is 2.61. The van der Waals surface area contributed by atoms with E-state index in [0.717, 1.165) is 10.5 Å². The summed E-state index contributed by atoms with van der Waals surface area (Å²) < 4.78 is 26.2. The number of carbonyl (C=O) groups excluding carboxylic acids is 1. The number of nitrogens with two attached hydrogens (primary N) is 1. The molecule has 2 rings (SSSR count). The summed E-state index contributed by atoms with van der Waals surface area (Å²) in [7, 11) is -2.17. The van der Waals surface area contributed by atoms with E-state index < -0.39 is 10.0 Å². The summed E-state index contributed by atoms with van der Waals surface area (Å²) in [6.45, 7) is 0.611. The molecular formula is C11H16ClN5O3S. The second kappa shape index (κ2) is 6.14. The van der Waals surface area contributed by atoms with E-state index in [2.05, 4.69) is 10.4 Å². The molecule has 3 N–H and O–H groups in total. The normalized spacial score (nSPS) is 17.7. The van der Waals surface area contributed by atoms with Gasteiger partial charge in [-0.15, -0.1) is 0 Å². The Kier molecular flexibility index (Phi) is 4.67. The number of hydrogen-bond acceptors (Lipinski definition) is 6. The maximum Gasteiger partial charge on any atom is 0.245 e. The number of halogens is 1. The Labute approximate surface area is 127 Å². The Hall–Kier alpha value is -1.42. The van der Waals surface area contributed by atoms with E-state index in [9.17, 15) is 13.2 Å². The van der Waals surface area contributed by atoms with Crippen molar-refractivity contribution in [2.24, 2.45) is 5.84 Å². The summed E-state index contributed by atoms with van der Waals surface area (Å²) >= 11 is 5.90. The molecule has 1 aromatic rings. The molecule has 0 atom stereocenters. The molecule has 1 fully saturated rings. The highest BCUT2D eigenvalue weighted by Crippen LogP contribution is 2.24. The van der Waals surface area contributed by atoms with Gasteiger partial charge in [0.25, 0.3) is 0 Å². The molecule has 0 aromatic carbocycles. The van der Waals surface area contributed by atoms with Crippen LogP contribution in [-0.2, 0) is 14.8 Å². The lowest BCUT2D eigenvalue weighted by atomic mass is 10.4. The first-order chi connectivity index (χ1) is 9.86. The molecule has 8 nitrogen and oxygen atoms in total. The van der Waals surface area contributed by atoms with Crippen LogP contribution >= 0.6 is 11.6 Å². The zero-order valence-corrected chi connectivity index (χ0v) is 13.0. The van der Waals surface area contributed by atoms with Crippen LogP contribution in [0.5, 0.6) is 0 Å². The highest BCUT2D eigenvalue weighted by molar-refractivity contribution is 7.89. The van der Waals surface area contributed by atoms with Crippen LogP contribution in [0.4, 0.5) is 5.82 Å². The van der Waals surface area contributed by atoms with E-state index in [0.29, 0.717) is 13.0 Å². The fourth-order valence-electron chi connectivity index (χ4n) is 1.98. The molecule has 116 valence electrons. The lowest BCUT2D eigenvalue weighted by Gasteiger charge is -2.19. The van der Waals surface area contributed by atoms with Gasteiger partial charge in [0.05, 0.1) is 11.6 Å². The Bertz CT molecular complexity index is 651. The lowest BCUT2D eigenvalue weighted by molar-refractivity contribution is -0.129. The van der Waals surface area contributed by atoms with Crippen LogP contribution in [0.2, 0.25) is 5.02 Å². The van der Waals surface area contributed by atoms with E-state index in [1.807, 2.05) is 0 Å². The van der Waals surface area contributed by atoms with Gasteiger partial charge >= 0.3 is 0 Å². The van der Waals surface area contributed by atoms with Crippen molar-refractivity contribution in [2.75, 3.05) is 32.1 Å². The Morgan fingerprint density at radius 1 is 1.43 bits per heavy atom. The Morgan fingerprint density at radius 3 is 2.76 bits per heavy atom. The third kappa shape index (κ3) is 3.26. The number of hydrogen-bond donors (Lipinski definition) is 2. The van der Waals surface area contributed by atoms with Gasteiger partial charge in [-0.1, -0.05) is 11.6 Å². The third-order valence-corrected chi connectivity index (χ3v) is 5.33. The number of anilines is 1. The Morgan fingerprint density at radius 2 is 2.14 bits per heavy atom. The number of amides is 1. The van der Waals surface area contributed by atoms with Crippen LogP contribution in [0.15, 0.2) is 17.2 Å². The number of aromatic nitrogens is 1. The van der Waals surface area contributed by atoms with Crippen molar-refractivity contribution in [1.29, 1.82) is 0 Å². The molecule has 0 spiro atoms. The van der Waals surface area contributed by atoms with Crippen molar-refractivity contribution in [1.82, 2.24) is 14.2 Å². The molecule has 1 aliphatic heterocycles. The second-order valence-corrected chi connectivity index (χ2v) is 7.00. The number of likely N-dealkylation sites (N-methyl/N-ethyl adjacent to an activating group) is 1. The topological polar surface area (TPSA) is 109 Å². The first kappa shape index (κ1) is 16.0. The van der Waals surface area contributed by atoms with Crippen molar-refractivity contribution >= 4 is 33.3 Å². The molecule has 1 amide bonds. The van der Waals surface area contributed by atoms with Crippen molar-refractivity contribution < 1.29 is 13.2 Å². The maximum atomic E-state index is 12.5. The smallest absolute Gasteiger partial charge is 0.245 e. The fourth-order valence-corrected chi connectivity index (χ4v) is 3.67. The van der Waals surface area contributed by atoms with Crippen molar-refractivity contribution in [3.05, 3.63) is 17.3 Å². The Balaban J connectivity index is 2.33. The number of nitrogens with zero attached hydrogens (tertiary/aromatic N) is 3. The number of hydrazine groups is 1. The third-order valence-electron chi connectivity index (χ3n) is 3.23. The fraction of sp³-hybridized carbons (Fsp3) is 0.455. The molecule has 21 heavy (non-hydrogen) atoms. The summed E-state index contributed by atoms with van der Waals surface area (Å²) in [6.07, 6.45) is 1.74. The summed E-state index contributed by atoms with van der Waals surface area (Å²) in [5.74, 6) is 5.14. The predicted molar refractivity (Wildman–Crippen MR) is 78.1 cm³/mol. The molecule has 2 heterocycles. The van der Waals surface area contributed by atoms with E-state index >= 15 is 0 Å². The van der Waals surface area contributed by atoms with Gasteiger partial charge in [-0.25, -0.2) is 19.2 Å². The van der Waals surface area contributed by atoms with Gasteiger partial charge < -0.3 is 10.3 Å². The molecule has 10 heteroatoms. The molecule has 1 aliphatic rings. The zero-order valence-electron chi connectivity index (χ0n) is 11.4. The number of nitrogens with one attached hydrogen (secondary N) is 1. The van der Waals surface area contributed by atoms with Crippen LogP contribution in [0.25, 0.3) is 0 Å². The highest BCUT2D eigenvalue weighted by atomic mass is 35.5. The van der Waals surface area contributed by atoms with Gasteiger partial charge in [0.15, 0.2) is 5.82 Å². The SMILES string of the molecule is CN1CCCN(S(=O)(=O)c2cnc(NN)c(Cl)c2)CC1=O. The van der Waals surface area contributed by atoms with E-state index in [-0.39, 0.29) is 34.7 Å². The van der Waals surface area contributed by atoms with Crippen LogP contribution in [0.3, 0.4) is 0 Å². The highest BCUT2D eigenvalue weighted by Gasteiger charge is 2.30. The summed E-state index contributed by atoms with van der Waals surface area (Å²) in [6, 6.07) is 1.26. The molecule has 0 bridgehead atoms. The predicted octanol–water partition coefficient (Wildman–Crippen LogP) is -0.127. The molecule has 0 saturated carbocycles. The lowest BCUT2D eigenvalue weighted by Crippen LogP contribution is -2.38. The van der Waals surface area contributed by atoms with Crippen LogP contribution in [0.1, 0.15) is 6.42 Å². The van der Waals surface area contributed by atoms with Crippen LogP contribution < -0.4 is 11.3 Å². The number of pyridine rings is 1. The maximum absolute atomic E-state index is 12.5. The van der Waals surface area contributed by atoms with Gasteiger partial charge in [0.2, 0.25) is 15.9 Å². The van der Waals surface area contributed by atoms with Crippen molar-refractivity contribution in [3.8, 4) is 0 Å². The molecular weight excluding hydrogens is 318 g/mol. The minimum atomic E-state index is -3.82. The minimum absolute atomic E-state index is 0.0659.